The second kappa shape index (κ2) is 3.29. The summed E-state index contributed by atoms with van der Waals surface area (Å²) in [4.78, 5) is 29.9. The SMILES string of the molecule is O=C1[NH+]=[C-]N=C1N1CCSCC1=O. The molecule has 2 aliphatic rings. The number of carbonyl (C=O) groups is 2. The van der Waals surface area contributed by atoms with Gasteiger partial charge in [0.15, 0.2) is 5.84 Å². The van der Waals surface area contributed by atoms with Gasteiger partial charge in [-0.1, -0.05) is 0 Å². The molecule has 13 heavy (non-hydrogen) atoms. The molecule has 6 heteroatoms. The van der Waals surface area contributed by atoms with E-state index in [-0.39, 0.29) is 17.6 Å². The Morgan fingerprint density at radius 2 is 2.38 bits per heavy atom. The molecule has 68 valence electrons. The normalized spacial score (nSPS) is 22.5. The maximum Gasteiger partial charge on any atom is 0.249 e. The largest absolute Gasteiger partial charge is 0.332 e. The minimum atomic E-state index is -0.347. The average Bonchev–Trinajstić information content (AvgIpc) is 2.52. The molecular formula is C7H7N3O2S. The summed E-state index contributed by atoms with van der Waals surface area (Å²) in [6, 6.07) is 0. The Morgan fingerprint density at radius 1 is 1.54 bits per heavy atom. The van der Waals surface area contributed by atoms with Gasteiger partial charge in [0.1, 0.15) is 0 Å². The molecule has 0 aromatic carbocycles. The molecule has 0 saturated carbocycles. The first-order valence-electron chi connectivity index (χ1n) is 3.80. The Kier molecular flexibility index (Phi) is 2.13. The summed E-state index contributed by atoms with van der Waals surface area (Å²) in [5.41, 5.74) is 0. The number of hydrogen-bond acceptors (Lipinski definition) is 4. The molecule has 0 aromatic rings. The van der Waals surface area contributed by atoms with E-state index < -0.39 is 0 Å². The van der Waals surface area contributed by atoms with Gasteiger partial charge in [-0.2, -0.15) is 16.8 Å². The van der Waals surface area contributed by atoms with E-state index in [0.29, 0.717) is 12.3 Å². The summed E-state index contributed by atoms with van der Waals surface area (Å²) < 4.78 is 0. The molecule has 0 aliphatic carbocycles. The third-order valence-electron chi connectivity index (χ3n) is 1.78. The second-order valence-electron chi connectivity index (χ2n) is 2.60. The number of thioether (sulfide) groups is 1. The monoisotopic (exact) mass is 197 g/mol. The molecule has 2 rings (SSSR count). The topological polar surface area (TPSA) is 63.7 Å². The Labute approximate surface area is 78.9 Å². The van der Waals surface area contributed by atoms with E-state index in [2.05, 4.69) is 16.3 Å². The molecule has 1 saturated heterocycles. The van der Waals surface area contributed by atoms with Crippen molar-refractivity contribution in [2.45, 2.75) is 0 Å². The number of amidine groups is 1. The number of carbonyl (C=O) groups excluding carboxylic acids is 2. The number of nitrogens with zero attached hydrogens (tertiary/aromatic N) is 2. The van der Waals surface area contributed by atoms with E-state index in [1.807, 2.05) is 0 Å². The van der Waals surface area contributed by atoms with Crippen molar-refractivity contribution >= 4 is 35.8 Å². The van der Waals surface area contributed by atoms with Gasteiger partial charge in [-0.3, -0.25) is 4.79 Å². The van der Waals surface area contributed by atoms with Crippen molar-refractivity contribution in [2.24, 2.45) is 4.99 Å². The van der Waals surface area contributed by atoms with Gasteiger partial charge in [0, 0.05) is 12.3 Å². The Hall–Kier alpha value is -1.17. The van der Waals surface area contributed by atoms with Crippen molar-refractivity contribution in [3.63, 3.8) is 0 Å². The van der Waals surface area contributed by atoms with Gasteiger partial charge in [0.05, 0.1) is 5.75 Å². The quantitative estimate of drug-likeness (QED) is 0.436. The molecule has 0 radical (unpaired) electrons. The average molecular weight is 197 g/mol. The molecule has 1 N–H and O–H groups in total. The Bertz CT molecular complexity index is 324. The zero-order valence-electron chi connectivity index (χ0n) is 6.74. The molecule has 0 aromatic heterocycles. The highest BCUT2D eigenvalue weighted by molar-refractivity contribution is 8.00. The van der Waals surface area contributed by atoms with Crippen molar-refractivity contribution in [1.82, 2.24) is 4.90 Å². The first-order valence-corrected chi connectivity index (χ1v) is 4.95. The van der Waals surface area contributed by atoms with E-state index >= 15 is 0 Å². The van der Waals surface area contributed by atoms with Gasteiger partial charge in [-0.25, -0.2) is 0 Å². The third kappa shape index (κ3) is 1.49. The van der Waals surface area contributed by atoms with E-state index in [4.69, 9.17) is 0 Å². The fraction of sp³-hybridized carbons (Fsp3) is 0.429. The van der Waals surface area contributed by atoms with Crippen LogP contribution in [0, 0.1) is 0 Å². The van der Waals surface area contributed by atoms with Crippen LogP contribution in [0.25, 0.3) is 0 Å². The lowest BCUT2D eigenvalue weighted by Gasteiger charge is -2.26. The lowest BCUT2D eigenvalue weighted by atomic mass is 10.4. The van der Waals surface area contributed by atoms with Gasteiger partial charge in [-0.05, 0) is 0 Å². The van der Waals surface area contributed by atoms with E-state index in [1.54, 1.807) is 11.8 Å². The molecule has 2 aliphatic heterocycles. The highest BCUT2D eigenvalue weighted by Crippen LogP contribution is 2.11. The van der Waals surface area contributed by atoms with Crippen LogP contribution in [0.5, 0.6) is 0 Å². The van der Waals surface area contributed by atoms with Crippen molar-refractivity contribution < 1.29 is 14.6 Å². The zero-order chi connectivity index (χ0) is 9.26. The van der Waals surface area contributed by atoms with Gasteiger partial charge in [0.2, 0.25) is 18.2 Å². The smallest absolute Gasteiger partial charge is 0.249 e. The first kappa shape index (κ1) is 8.43. The first-order chi connectivity index (χ1) is 6.29. The maximum absolute atomic E-state index is 11.3. The van der Waals surface area contributed by atoms with Gasteiger partial charge < -0.3 is 14.7 Å². The van der Waals surface area contributed by atoms with Crippen LogP contribution in [0.15, 0.2) is 4.99 Å². The number of hydrogen-bond donors (Lipinski definition) is 1. The summed E-state index contributed by atoms with van der Waals surface area (Å²) in [5.74, 6) is 1.03. The summed E-state index contributed by atoms with van der Waals surface area (Å²) in [6.07, 6.45) is 2.33. The van der Waals surface area contributed by atoms with Crippen LogP contribution in [0.3, 0.4) is 0 Å². The highest BCUT2D eigenvalue weighted by Gasteiger charge is 2.26. The molecule has 1 fully saturated rings. The van der Waals surface area contributed by atoms with E-state index in [0.717, 1.165) is 5.75 Å². The molecule has 5 nitrogen and oxygen atoms in total. The number of rotatable bonds is 0. The summed E-state index contributed by atoms with van der Waals surface area (Å²) in [5, 5.41) is 0. The highest BCUT2D eigenvalue weighted by atomic mass is 32.2. The standard InChI is InChI=1S/C7H7N3O2S/c11-5-3-13-2-1-10(5)6-7(12)9-4-8-6/h9H,1-3H2. The van der Waals surface area contributed by atoms with Crippen molar-refractivity contribution in [2.75, 3.05) is 18.1 Å². The van der Waals surface area contributed by atoms with Crippen LogP contribution < -0.4 is 4.99 Å². The molecule has 0 unspecified atom stereocenters. The van der Waals surface area contributed by atoms with Crippen molar-refractivity contribution in [1.29, 1.82) is 0 Å². The van der Waals surface area contributed by atoms with E-state index in [1.165, 1.54) is 4.90 Å². The number of amides is 2. The fourth-order valence-electron chi connectivity index (χ4n) is 1.16. The van der Waals surface area contributed by atoms with Crippen LogP contribution in [0.1, 0.15) is 0 Å². The molecule has 2 heterocycles. The Morgan fingerprint density at radius 3 is 3.00 bits per heavy atom. The van der Waals surface area contributed by atoms with Gasteiger partial charge >= 0.3 is 0 Å². The lowest BCUT2D eigenvalue weighted by Crippen LogP contribution is -2.74. The van der Waals surface area contributed by atoms with Crippen LogP contribution >= 0.6 is 11.8 Å². The van der Waals surface area contributed by atoms with Gasteiger partial charge in [-0.15, -0.1) is 0 Å². The predicted octanol–water partition coefficient (Wildman–Crippen LogP) is -2.51. The third-order valence-corrected chi connectivity index (χ3v) is 2.70. The van der Waals surface area contributed by atoms with Crippen molar-refractivity contribution in [3.8, 4) is 0 Å². The minimum Gasteiger partial charge on any atom is -0.332 e. The molecule has 2 amide bonds. The maximum atomic E-state index is 11.3. The van der Waals surface area contributed by atoms with Gasteiger partial charge in [0.25, 0.3) is 0 Å². The number of aliphatic imine (C=N–C) groups is 1. The van der Waals surface area contributed by atoms with Crippen LogP contribution in [-0.2, 0) is 9.59 Å². The summed E-state index contributed by atoms with van der Waals surface area (Å²) in [6.45, 7) is 0.553. The lowest BCUT2D eigenvalue weighted by molar-refractivity contribution is -0.361. The van der Waals surface area contributed by atoms with Crippen LogP contribution in [-0.4, -0.2) is 46.9 Å². The fourth-order valence-corrected chi connectivity index (χ4v) is 1.95. The summed E-state index contributed by atoms with van der Waals surface area (Å²) >= 11 is 1.57. The van der Waals surface area contributed by atoms with Crippen LogP contribution in [0.4, 0.5) is 0 Å². The predicted molar refractivity (Wildman–Crippen MR) is 47.4 cm³/mol. The minimum absolute atomic E-state index is 0.0612. The van der Waals surface area contributed by atoms with E-state index in [9.17, 15) is 9.59 Å². The molecule has 0 atom stereocenters. The van der Waals surface area contributed by atoms with Crippen LogP contribution in [0.2, 0.25) is 0 Å². The number of nitrogens with one attached hydrogen (secondary N) is 1. The molecule has 0 bridgehead atoms. The van der Waals surface area contributed by atoms with Crippen molar-refractivity contribution in [3.05, 3.63) is 0 Å². The summed E-state index contributed by atoms with van der Waals surface area (Å²) in [7, 11) is 0. The second-order valence-corrected chi connectivity index (χ2v) is 3.70. The Balaban J connectivity index is 2.16. The zero-order valence-corrected chi connectivity index (χ0v) is 7.56. The molecular weight excluding hydrogens is 190 g/mol. The molecule has 0 spiro atoms.